The van der Waals surface area contributed by atoms with Crippen molar-refractivity contribution in [2.45, 2.75) is 12.8 Å². The van der Waals surface area contributed by atoms with Crippen LogP contribution in [0.3, 0.4) is 0 Å². The lowest BCUT2D eigenvalue weighted by Gasteiger charge is -2.22. The second kappa shape index (κ2) is 8.17. The van der Waals surface area contributed by atoms with Gasteiger partial charge in [0.2, 0.25) is 13.2 Å². The molecule has 2 unspecified atom stereocenters. The molecule has 24 heavy (non-hydrogen) atoms. The number of hydrogen-bond donors (Lipinski definition) is 0. The van der Waals surface area contributed by atoms with E-state index in [1.165, 1.54) is 25.1 Å². The normalized spacial score (nSPS) is 14.7. The van der Waals surface area contributed by atoms with Crippen LogP contribution < -0.4 is 4.74 Å². The molecule has 1 aromatic carbocycles. The third-order valence-corrected chi connectivity index (χ3v) is 6.78. The lowest BCUT2D eigenvalue weighted by atomic mass is 10.2. The van der Waals surface area contributed by atoms with Gasteiger partial charge in [0.1, 0.15) is 5.75 Å². The van der Waals surface area contributed by atoms with Crippen LogP contribution >= 0.6 is 30.3 Å². The molecule has 2 rings (SSSR count). The highest BCUT2D eigenvalue weighted by Crippen LogP contribution is 2.57. The topological polar surface area (TPSA) is 61.8 Å². The van der Waals surface area contributed by atoms with Gasteiger partial charge in [-0.15, -0.1) is 11.3 Å². The van der Waals surface area contributed by atoms with E-state index in [9.17, 15) is 9.36 Å². The summed E-state index contributed by atoms with van der Waals surface area (Å²) in [4.78, 5) is 12.8. The van der Waals surface area contributed by atoms with Crippen molar-refractivity contribution < 1.29 is 23.4 Å². The van der Waals surface area contributed by atoms with Crippen LogP contribution in [0.25, 0.3) is 0 Å². The Kier molecular flexibility index (Phi) is 6.47. The summed E-state index contributed by atoms with van der Waals surface area (Å²) in [6.45, 7) is 2.98. The molecule has 2 atom stereocenters. The molecule has 0 aliphatic rings. The molecule has 0 amide bonds. The first-order valence-electron chi connectivity index (χ1n) is 7.08. The van der Waals surface area contributed by atoms with Gasteiger partial charge in [-0.1, -0.05) is 17.7 Å². The van der Waals surface area contributed by atoms with Crippen molar-refractivity contribution in [1.82, 2.24) is 0 Å². The summed E-state index contributed by atoms with van der Waals surface area (Å²) in [6, 6.07) is 8.63. The molecule has 8 heteroatoms. The Morgan fingerprint density at radius 1 is 1.38 bits per heavy atom. The minimum atomic E-state index is -3.14. The summed E-state index contributed by atoms with van der Waals surface area (Å²) < 4.78 is 28.3. The Morgan fingerprint density at radius 2 is 2.12 bits per heavy atom. The van der Waals surface area contributed by atoms with Gasteiger partial charge in [-0.25, -0.2) is 4.79 Å². The molecule has 0 fully saturated rings. The largest absolute Gasteiger partial charge is 0.482 e. The fraction of sp³-hybridized carbons (Fsp3) is 0.312. The number of ether oxygens (including phenoxy) is 2. The summed E-state index contributed by atoms with van der Waals surface area (Å²) in [5.41, 5.74) is 0.844. The van der Waals surface area contributed by atoms with Crippen molar-refractivity contribution in [1.29, 1.82) is 0 Å². The van der Waals surface area contributed by atoms with Gasteiger partial charge in [-0.2, -0.15) is 0 Å². The van der Waals surface area contributed by atoms with Crippen molar-refractivity contribution in [3.63, 3.8) is 0 Å². The van der Waals surface area contributed by atoms with Gasteiger partial charge >= 0.3 is 5.97 Å². The Labute approximate surface area is 150 Å². The fourth-order valence-corrected chi connectivity index (χ4v) is 4.48. The van der Waals surface area contributed by atoms with Crippen LogP contribution in [0.5, 0.6) is 5.75 Å². The van der Waals surface area contributed by atoms with Crippen LogP contribution in [0.1, 0.15) is 16.3 Å². The number of carbonyl (C=O) groups excluding carboxylic acids is 1. The maximum atomic E-state index is 12.5. The number of rotatable bonds is 7. The molecule has 0 spiro atoms. The zero-order chi connectivity index (χ0) is 17.7. The summed E-state index contributed by atoms with van der Waals surface area (Å²) in [5.74, 6) is -1.06. The minimum absolute atomic E-state index is 0.299. The van der Waals surface area contributed by atoms with E-state index in [1.807, 2.05) is 12.3 Å². The zero-order valence-corrected chi connectivity index (χ0v) is 16.0. The van der Waals surface area contributed by atoms with Crippen molar-refractivity contribution in [3.8, 4) is 5.75 Å². The molecular weight excluding hydrogens is 371 g/mol. The lowest BCUT2D eigenvalue weighted by Crippen LogP contribution is -2.18. The van der Waals surface area contributed by atoms with E-state index in [0.29, 0.717) is 15.6 Å². The molecular formula is C16H18ClO5PS. The molecule has 0 saturated carbocycles. The Morgan fingerprint density at radius 3 is 2.71 bits per heavy atom. The fourth-order valence-electron chi connectivity index (χ4n) is 1.92. The number of esters is 1. The molecule has 0 aliphatic heterocycles. The van der Waals surface area contributed by atoms with E-state index >= 15 is 0 Å². The van der Waals surface area contributed by atoms with Crippen molar-refractivity contribution in [2.75, 3.05) is 20.4 Å². The summed E-state index contributed by atoms with van der Waals surface area (Å²) in [5, 5.41) is 2.44. The maximum Gasteiger partial charge on any atom is 0.345 e. The van der Waals surface area contributed by atoms with Gasteiger partial charge in [0.25, 0.3) is 0 Å². The molecule has 5 nitrogen and oxygen atoms in total. The smallest absolute Gasteiger partial charge is 0.345 e. The Balaban J connectivity index is 2.03. The molecule has 130 valence electrons. The second-order valence-electron chi connectivity index (χ2n) is 5.15. The molecule has 2 aromatic rings. The molecule has 0 bridgehead atoms. The van der Waals surface area contributed by atoms with Crippen molar-refractivity contribution >= 4 is 36.3 Å². The van der Waals surface area contributed by atoms with Crippen LogP contribution in [0.15, 0.2) is 35.7 Å². The summed E-state index contributed by atoms with van der Waals surface area (Å²) in [6.07, 6.45) is 0. The standard InChI is InChI=1S/C16H18ClO5PS/c1-11-9-12(6-7-13(11)17)21-10-15(18)22-16(23(3,19)20-2)14-5-4-8-24-14/h4-9,16H,10H2,1-3H3. The van der Waals surface area contributed by atoms with Gasteiger partial charge in [-0.05, 0) is 42.1 Å². The second-order valence-corrected chi connectivity index (χ2v) is 9.19. The van der Waals surface area contributed by atoms with Gasteiger partial charge < -0.3 is 14.0 Å². The quantitative estimate of drug-likeness (QED) is 0.499. The van der Waals surface area contributed by atoms with Crippen molar-refractivity contribution in [3.05, 3.63) is 51.2 Å². The molecule has 0 aliphatic carbocycles. The molecule has 0 radical (unpaired) electrons. The highest BCUT2D eigenvalue weighted by atomic mass is 35.5. The number of hydrogen-bond acceptors (Lipinski definition) is 6. The minimum Gasteiger partial charge on any atom is -0.482 e. The zero-order valence-electron chi connectivity index (χ0n) is 13.5. The van der Waals surface area contributed by atoms with Gasteiger partial charge in [0.15, 0.2) is 6.61 Å². The van der Waals surface area contributed by atoms with Gasteiger partial charge in [0.05, 0.1) is 4.88 Å². The monoisotopic (exact) mass is 388 g/mol. The average molecular weight is 389 g/mol. The van der Waals surface area contributed by atoms with Gasteiger partial charge in [0, 0.05) is 18.8 Å². The van der Waals surface area contributed by atoms with E-state index in [1.54, 1.807) is 30.3 Å². The average Bonchev–Trinajstić information content (AvgIpc) is 3.07. The summed E-state index contributed by atoms with van der Waals surface area (Å²) >= 11 is 7.29. The Bertz CT molecular complexity index is 747. The molecule has 1 heterocycles. The van der Waals surface area contributed by atoms with Crippen LogP contribution in [0, 0.1) is 6.92 Å². The van der Waals surface area contributed by atoms with Gasteiger partial charge in [-0.3, -0.25) is 4.57 Å². The lowest BCUT2D eigenvalue weighted by molar-refractivity contribution is -0.148. The van der Waals surface area contributed by atoms with Crippen molar-refractivity contribution in [2.24, 2.45) is 0 Å². The number of carbonyl (C=O) groups is 1. The third-order valence-electron chi connectivity index (χ3n) is 3.30. The van der Waals surface area contributed by atoms with E-state index in [-0.39, 0.29) is 6.61 Å². The van der Waals surface area contributed by atoms with Crippen LogP contribution in [-0.2, 0) is 18.6 Å². The summed E-state index contributed by atoms with van der Waals surface area (Å²) in [7, 11) is -1.81. The SMILES string of the molecule is COP(C)(=O)C(OC(=O)COc1ccc(Cl)c(C)c1)c1cccs1. The van der Waals surface area contributed by atoms with Crippen LogP contribution in [-0.4, -0.2) is 26.4 Å². The third kappa shape index (κ3) is 4.84. The number of benzene rings is 1. The van der Waals surface area contributed by atoms with Crippen LogP contribution in [0.4, 0.5) is 0 Å². The molecule has 1 aromatic heterocycles. The number of aryl methyl sites for hydroxylation is 1. The first kappa shape index (κ1) is 19.0. The maximum absolute atomic E-state index is 12.5. The Hall–Kier alpha value is -1.33. The highest BCUT2D eigenvalue weighted by Gasteiger charge is 2.34. The highest BCUT2D eigenvalue weighted by molar-refractivity contribution is 7.58. The van der Waals surface area contributed by atoms with E-state index < -0.39 is 19.2 Å². The first-order valence-corrected chi connectivity index (χ1v) is 10.5. The van der Waals surface area contributed by atoms with E-state index in [0.717, 1.165) is 5.56 Å². The molecule has 0 saturated heterocycles. The predicted octanol–water partition coefficient (Wildman–Crippen LogP) is 4.89. The molecule has 0 N–H and O–H groups in total. The predicted molar refractivity (Wildman–Crippen MR) is 95.4 cm³/mol. The first-order chi connectivity index (χ1) is 11.3. The number of thiophene rings is 1. The van der Waals surface area contributed by atoms with E-state index in [2.05, 4.69) is 0 Å². The van der Waals surface area contributed by atoms with E-state index in [4.69, 9.17) is 25.6 Å². The number of halogens is 1. The van der Waals surface area contributed by atoms with Crippen LogP contribution in [0.2, 0.25) is 5.02 Å².